The van der Waals surface area contributed by atoms with Gasteiger partial charge in [0.05, 0.1) is 7.11 Å². The van der Waals surface area contributed by atoms with Gasteiger partial charge in [-0.05, 0) is 42.7 Å². The molecule has 0 radical (unpaired) electrons. The molecule has 0 heterocycles. The van der Waals surface area contributed by atoms with Crippen LogP contribution in [0.25, 0.3) is 6.08 Å². The van der Waals surface area contributed by atoms with Crippen molar-refractivity contribution >= 4 is 33.9 Å². The number of carbonyl (C=O) groups is 2. The Bertz CT molecular complexity index is 920. The van der Waals surface area contributed by atoms with Gasteiger partial charge < -0.3 is 14.8 Å². The van der Waals surface area contributed by atoms with Crippen molar-refractivity contribution in [2.45, 2.75) is 12.8 Å². The highest BCUT2D eigenvalue weighted by atomic mass is 79.9. The number of carbonyl (C=O) groups excluding carboxylic acids is 2. The van der Waals surface area contributed by atoms with E-state index in [4.69, 9.17) is 4.74 Å². The number of ether oxygens (including phenoxy) is 2. The number of nitriles is 1. The molecule has 0 aliphatic heterocycles. The van der Waals surface area contributed by atoms with E-state index in [0.29, 0.717) is 17.9 Å². The van der Waals surface area contributed by atoms with Crippen LogP contribution in [0.4, 0.5) is 0 Å². The summed E-state index contributed by atoms with van der Waals surface area (Å²) >= 11 is 3.35. The molecular weight excluding hydrogens is 436 g/mol. The highest BCUT2D eigenvalue weighted by Gasteiger charge is 2.12. The largest absolute Gasteiger partial charge is 0.481 e. The highest BCUT2D eigenvalue weighted by molar-refractivity contribution is 9.10. The third-order valence-corrected chi connectivity index (χ3v) is 4.47. The lowest BCUT2D eigenvalue weighted by Gasteiger charge is -2.09. The third-order valence-electron chi connectivity index (χ3n) is 3.98. The highest BCUT2D eigenvalue weighted by Crippen LogP contribution is 2.25. The zero-order chi connectivity index (χ0) is 21.1. The number of nitrogens with zero attached hydrogens (tertiary/aromatic N) is 1. The summed E-state index contributed by atoms with van der Waals surface area (Å²) in [6, 6.07) is 17.0. The van der Waals surface area contributed by atoms with Crippen LogP contribution >= 0.6 is 15.9 Å². The lowest BCUT2D eigenvalue weighted by molar-refractivity contribution is -0.142. The van der Waals surface area contributed by atoms with Crippen molar-refractivity contribution < 1.29 is 19.1 Å². The Hall–Kier alpha value is -3.11. The number of halogens is 1. The number of amides is 1. The number of rotatable bonds is 9. The number of esters is 1. The summed E-state index contributed by atoms with van der Waals surface area (Å²) in [5.41, 5.74) is 1.64. The normalized spacial score (nSPS) is 10.7. The minimum Gasteiger partial charge on any atom is -0.481 e. The summed E-state index contributed by atoms with van der Waals surface area (Å²) in [4.78, 5) is 23.7. The Morgan fingerprint density at radius 3 is 2.66 bits per heavy atom. The summed E-state index contributed by atoms with van der Waals surface area (Å²) in [5, 5.41) is 12.2. The van der Waals surface area contributed by atoms with E-state index >= 15 is 0 Å². The Kier molecular flexibility index (Phi) is 8.93. The smallest absolute Gasteiger partial charge is 0.343 e. The predicted octanol–water partition coefficient (Wildman–Crippen LogP) is 3.66. The number of hydrogen-bond donors (Lipinski definition) is 1. The molecule has 0 saturated carbocycles. The average Bonchev–Trinajstić information content (AvgIpc) is 2.74. The van der Waals surface area contributed by atoms with Crippen LogP contribution in [0.5, 0.6) is 5.75 Å². The van der Waals surface area contributed by atoms with Gasteiger partial charge in [-0.2, -0.15) is 5.26 Å². The van der Waals surface area contributed by atoms with E-state index in [-0.39, 0.29) is 12.2 Å². The van der Waals surface area contributed by atoms with E-state index in [0.717, 1.165) is 17.3 Å². The molecular formula is C22H21BrN2O4. The maximum Gasteiger partial charge on any atom is 0.343 e. The molecule has 1 N–H and O–H groups in total. The van der Waals surface area contributed by atoms with Gasteiger partial charge in [0.1, 0.15) is 17.4 Å². The van der Waals surface area contributed by atoms with Gasteiger partial charge in [-0.25, -0.2) is 4.79 Å². The minimum atomic E-state index is -0.528. The van der Waals surface area contributed by atoms with E-state index in [1.807, 2.05) is 36.4 Å². The molecule has 6 nitrogen and oxygen atoms in total. The Morgan fingerprint density at radius 2 is 1.97 bits per heavy atom. The lowest BCUT2D eigenvalue weighted by Crippen LogP contribution is -2.25. The lowest BCUT2D eigenvalue weighted by atomic mass is 10.1. The SMILES string of the molecule is COC(=O)COc1ccc(Br)cc1/C=C(/C#N)C(=O)NCCCc1ccccc1. The van der Waals surface area contributed by atoms with Gasteiger partial charge >= 0.3 is 5.97 Å². The Balaban J connectivity index is 2.02. The van der Waals surface area contributed by atoms with Gasteiger partial charge in [-0.15, -0.1) is 0 Å². The maximum atomic E-state index is 12.4. The van der Waals surface area contributed by atoms with Crippen molar-refractivity contribution in [2.24, 2.45) is 0 Å². The van der Waals surface area contributed by atoms with Gasteiger partial charge in [0.25, 0.3) is 5.91 Å². The molecule has 0 saturated heterocycles. The Labute approximate surface area is 178 Å². The first kappa shape index (κ1) is 22.2. The fourth-order valence-electron chi connectivity index (χ4n) is 2.50. The molecule has 7 heteroatoms. The number of aryl methyl sites for hydroxylation is 1. The van der Waals surface area contributed by atoms with E-state index in [1.54, 1.807) is 18.2 Å². The first-order chi connectivity index (χ1) is 14.0. The van der Waals surface area contributed by atoms with Crippen LogP contribution in [-0.4, -0.2) is 32.1 Å². The molecule has 0 bridgehead atoms. The standard InChI is InChI=1S/C22H21BrN2O4/c1-28-21(26)15-29-20-10-9-19(23)13-17(20)12-18(14-24)22(27)25-11-5-8-16-6-3-2-4-7-16/h2-4,6-7,9-10,12-13H,5,8,11,15H2,1H3,(H,25,27)/b18-12-. The van der Waals surface area contributed by atoms with Gasteiger partial charge in [-0.3, -0.25) is 4.79 Å². The van der Waals surface area contributed by atoms with Crippen molar-refractivity contribution in [1.82, 2.24) is 5.32 Å². The average molecular weight is 457 g/mol. The zero-order valence-corrected chi connectivity index (χ0v) is 17.6. The minimum absolute atomic E-state index is 0.0503. The van der Waals surface area contributed by atoms with Crippen LogP contribution in [0.15, 0.2) is 58.6 Å². The summed E-state index contributed by atoms with van der Waals surface area (Å²) in [6.07, 6.45) is 3.03. The fourth-order valence-corrected chi connectivity index (χ4v) is 2.88. The molecule has 2 rings (SSSR count). The molecule has 0 aliphatic rings. The molecule has 0 atom stereocenters. The maximum absolute atomic E-state index is 12.4. The fraction of sp³-hybridized carbons (Fsp3) is 0.227. The van der Waals surface area contributed by atoms with Crippen LogP contribution in [0.3, 0.4) is 0 Å². The number of methoxy groups -OCH3 is 1. The molecule has 150 valence electrons. The van der Waals surface area contributed by atoms with Crippen LogP contribution in [0, 0.1) is 11.3 Å². The predicted molar refractivity (Wildman–Crippen MR) is 113 cm³/mol. The summed E-state index contributed by atoms with van der Waals surface area (Å²) in [5.74, 6) is -0.623. The number of nitrogens with one attached hydrogen (secondary N) is 1. The van der Waals surface area contributed by atoms with Crippen molar-refractivity contribution in [1.29, 1.82) is 5.26 Å². The summed E-state index contributed by atoms with van der Waals surface area (Å²) < 4.78 is 10.7. The monoisotopic (exact) mass is 456 g/mol. The van der Waals surface area contributed by atoms with Gasteiger partial charge in [0, 0.05) is 16.6 Å². The molecule has 0 unspecified atom stereocenters. The quantitative estimate of drug-likeness (QED) is 0.269. The molecule has 0 spiro atoms. The first-order valence-electron chi connectivity index (χ1n) is 8.96. The van der Waals surface area contributed by atoms with Crippen molar-refractivity contribution in [2.75, 3.05) is 20.3 Å². The van der Waals surface area contributed by atoms with Crippen LogP contribution in [0.1, 0.15) is 17.5 Å². The van der Waals surface area contributed by atoms with E-state index in [1.165, 1.54) is 18.7 Å². The molecule has 2 aromatic rings. The van der Waals surface area contributed by atoms with Crippen molar-refractivity contribution in [3.8, 4) is 11.8 Å². The van der Waals surface area contributed by atoms with Gasteiger partial charge in [0.2, 0.25) is 0 Å². The topological polar surface area (TPSA) is 88.4 Å². The van der Waals surface area contributed by atoms with Crippen LogP contribution < -0.4 is 10.1 Å². The molecule has 0 aliphatic carbocycles. The molecule has 29 heavy (non-hydrogen) atoms. The van der Waals surface area contributed by atoms with Crippen LogP contribution in [-0.2, 0) is 20.7 Å². The molecule has 2 aromatic carbocycles. The van der Waals surface area contributed by atoms with Crippen molar-refractivity contribution in [3.63, 3.8) is 0 Å². The Morgan fingerprint density at radius 1 is 1.21 bits per heavy atom. The van der Waals surface area contributed by atoms with E-state index < -0.39 is 11.9 Å². The van der Waals surface area contributed by atoms with E-state index in [2.05, 4.69) is 26.0 Å². The first-order valence-corrected chi connectivity index (χ1v) is 9.76. The molecule has 1 amide bonds. The van der Waals surface area contributed by atoms with Crippen molar-refractivity contribution in [3.05, 3.63) is 69.7 Å². The summed E-state index contributed by atoms with van der Waals surface area (Å²) in [6.45, 7) is 0.184. The molecule has 0 aromatic heterocycles. The van der Waals surface area contributed by atoms with Crippen LogP contribution in [0.2, 0.25) is 0 Å². The second kappa shape index (κ2) is 11.7. The second-order valence-corrected chi connectivity index (χ2v) is 6.98. The van der Waals surface area contributed by atoms with Gasteiger partial charge in [0.15, 0.2) is 6.61 Å². The third kappa shape index (κ3) is 7.43. The number of benzene rings is 2. The van der Waals surface area contributed by atoms with Gasteiger partial charge in [-0.1, -0.05) is 46.3 Å². The second-order valence-electron chi connectivity index (χ2n) is 6.06. The number of hydrogen-bond acceptors (Lipinski definition) is 5. The zero-order valence-electron chi connectivity index (χ0n) is 16.0. The molecule has 0 fully saturated rings. The van der Waals surface area contributed by atoms with E-state index in [9.17, 15) is 14.9 Å². The summed E-state index contributed by atoms with van der Waals surface area (Å²) in [7, 11) is 1.27.